The molecule has 0 saturated heterocycles. The van der Waals surface area contributed by atoms with Crippen LogP contribution in [0.2, 0.25) is 0 Å². The molecule has 72 valence electrons. The third kappa shape index (κ3) is 2.16. The van der Waals surface area contributed by atoms with Crippen molar-refractivity contribution >= 4 is 5.78 Å². The molecule has 1 rings (SSSR count). The number of nitriles is 1. The van der Waals surface area contributed by atoms with E-state index in [9.17, 15) is 9.90 Å². The van der Waals surface area contributed by atoms with Crippen LogP contribution in [0.15, 0.2) is 24.3 Å². The molecule has 0 bridgehead atoms. The largest absolute Gasteiger partial charge is 0.384 e. The Labute approximate surface area is 81.6 Å². The molecule has 14 heavy (non-hydrogen) atoms. The summed E-state index contributed by atoms with van der Waals surface area (Å²) in [5.41, 5.74) is 5.84. The van der Waals surface area contributed by atoms with Crippen LogP contribution in [0.25, 0.3) is 0 Å². The van der Waals surface area contributed by atoms with E-state index in [1.165, 1.54) is 6.07 Å². The molecule has 0 radical (unpaired) electrons. The number of aliphatic hydroxyl groups excluding tert-OH is 1. The number of Topliss-reactive ketones (excluding diaryl/α,β-unsaturated/α-hetero) is 1. The van der Waals surface area contributed by atoms with Crippen molar-refractivity contribution in [3.8, 4) is 6.07 Å². The van der Waals surface area contributed by atoms with Gasteiger partial charge in [0.25, 0.3) is 0 Å². The van der Waals surface area contributed by atoms with Crippen molar-refractivity contribution in [3.05, 3.63) is 35.4 Å². The molecular formula is C10H10N2O2. The second-order valence-corrected chi connectivity index (χ2v) is 2.81. The molecule has 0 spiro atoms. The van der Waals surface area contributed by atoms with Crippen molar-refractivity contribution in [3.63, 3.8) is 0 Å². The molecule has 1 atom stereocenters. The average molecular weight is 190 g/mol. The SMILES string of the molecule is N#Cc1cccc(C(=O)C(O)CN)c1. The van der Waals surface area contributed by atoms with E-state index >= 15 is 0 Å². The van der Waals surface area contributed by atoms with Gasteiger partial charge in [-0.15, -0.1) is 0 Å². The van der Waals surface area contributed by atoms with E-state index in [0.29, 0.717) is 11.1 Å². The summed E-state index contributed by atoms with van der Waals surface area (Å²) in [5, 5.41) is 17.8. The maximum Gasteiger partial charge on any atom is 0.192 e. The number of carbonyl (C=O) groups excluding carboxylic acids is 1. The van der Waals surface area contributed by atoms with E-state index in [0.717, 1.165) is 0 Å². The molecule has 0 aliphatic heterocycles. The second kappa shape index (κ2) is 4.51. The molecule has 3 N–H and O–H groups in total. The Kier molecular flexibility index (Phi) is 3.35. The standard InChI is InChI=1S/C10H10N2O2/c11-5-7-2-1-3-8(4-7)10(14)9(13)6-12/h1-4,9,13H,6,12H2. The van der Waals surface area contributed by atoms with E-state index in [2.05, 4.69) is 0 Å². The van der Waals surface area contributed by atoms with E-state index in [1.54, 1.807) is 18.2 Å². The van der Waals surface area contributed by atoms with Crippen molar-refractivity contribution in [2.45, 2.75) is 6.10 Å². The summed E-state index contributed by atoms with van der Waals surface area (Å²) in [6, 6.07) is 8.07. The number of hydrogen-bond acceptors (Lipinski definition) is 4. The van der Waals surface area contributed by atoms with Gasteiger partial charge in [-0.1, -0.05) is 12.1 Å². The number of nitrogens with zero attached hydrogens (tertiary/aromatic N) is 1. The molecule has 1 aromatic carbocycles. The van der Waals surface area contributed by atoms with Crippen molar-refractivity contribution in [2.75, 3.05) is 6.54 Å². The number of aliphatic hydroxyl groups is 1. The number of benzene rings is 1. The summed E-state index contributed by atoms with van der Waals surface area (Å²) < 4.78 is 0. The Bertz CT molecular complexity index is 382. The molecule has 0 saturated carbocycles. The van der Waals surface area contributed by atoms with E-state index in [-0.39, 0.29) is 6.54 Å². The highest BCUT2D eigenvalue weighted by Gasteiger charge is 2.15. The fraction of sp³-hybridized carbons (Fsp3) is 0.200. The second-order valence-electron chi connectivity index (χ2n) is 2.81. The summed E-state index contributed by atoms with van der Waals surface area (Å²) in [6.07, 6.45) is -1.19. The van der Waals surface area contributed by atoms with Gasteiger partial charge in [0.2, 0.25) is 0 Å². The lowest BCUT2D eigenvalue weighted by atomic mass is 10.0. The van der Waals surface area contributed by atoms with Crippen molar-refractivity contribution in [1.82, 2.24) is 0 Å². The summed E-state index contributed by atoms with van der Waals surface area (Å²) >= 11 is 0. The first-order chi connectivity index (χ1) is 6.69. The highest BCUT2D eigenvalue weighted by Crippen LogP contribution is 2.06. The van der Waals surface area contributed by atoms with E-state index in [1.807, 2.05) is 6.07 Å². The van der Waals surface area contributed by atoms with Gasteiger partial charge < -0.3 is 10.8 Å². The zero-order valence-electron chi connectivity index (χ0n) is 7.47. The van der Waals surface area contributed by atoms with Gasteiger partial charge in [0.05, 0.1) is 11.6 Å². The van der Waals surface area contributed by atoms with Crippen LogP contribution in [0.1, 0.15) is 15.9 Å². The monoisotopic (exact) mass is 190 g/mol. The number of hydrogen-bond donors (Lipinski definition) is 2. The number of nitrogens with two attached hydrogens (primary N) is 1. The molecule has 4 heteroatoms. The molecular weight excluding hydrogens is 180 g/mol. The average Bonchev–Trinajstić information content (AvgIpc) is 2.27. The van der Waals surface area contributed by atoms with Crippen LogP contribution in [0.5, 0.6) is 0 Å². The van der Waals surface area contributed by atoms with Crippen molar-refractivity contribution in [1.29, 1.82) is 5.26 Å². The zero-order chi connectivity index (χ0) is 10.6. The zero-order valence-corrected chi connectivity index (χ0v) is 7.47. The van der Waals surface area contributed by atoms with Gasteiger partial charge in [-0.05, 0) is 12.1 Å². The smallest absolute Gasteiger partial charge is 0.192 e. The van der Waals surface area contributed by atoms with Gasteiger partial charge in [-0.2, -0.15) is 5.26 Å². The normalized spacial score (nSPS) is 11.8. The van der Waals surface area contributed by atoms with E-state index in [4.69, 9.17) is 11.0 Å². The van der Waals surface area contributed by atoms with Crippen molar-refractivity contribution < 1.29 is 9.90 Å². The van der Waals surface area contributed by atoms with Gasteiger partial charge in [0, 0.05) is 12.1 Å². The first kappa shape index (κ1) is 10.4. The quantitative estimate of drug-likeness (QED) is 0.660. The maximum absolute atomic E-state index is 11.4. The summed E-state index contributed by atoms with van der Waals surface area (Å²) in [5.74, 6) is -0.454. The van der Waals surface area contributed by atoms with Crippen molar-refractivity contribution in [2.24, 2.45) is 5.73 Å². The fourth-order valence-electron chi connectivity index (χ4n) is 1.04. The number of carbonyl (C=O) groups is 1. The Morgan fingerprint density at radius 3 is 2.93 bits per heavy atom. The van der Waals surface area contributed by atoms with Crippen LogP contribution in [0, 0.1) is 11.3 Å². The lowest BCUT2D eigenvalue weighted by Crippen LogP contribution is -2.29. The number of rotatable bonds is 3. The first-order valence-corrected chi connectivity index (χ1v) is 4.11. The summed E-state index contributed by atoms with van der Waals surface area (Å²) in [6.45, 7) is -0.115. The first-order valence-electron chi connectivity index (χ1n) is 4.11. The van der Waals surface area contributed by atoms with Gasteiger partial charge in [-0.25, -0.2) is 0 Å². The topological polar surface area (TPSA) is 87.1 Å². The lowest BCUT2D eigenvalue weighted by molar-refractivity contribution is 0.0763. The highest BCUT2D eigenvalue weighted by atomic mass is 16.3. The summed E-state index contributed by atoms with van der Waals surface area (Å²) in [7, 11) is 0. The van der Waals surface area contributed by atoms with Gasteiger partial charge >= 0.3 is 0 Å². The molecule has 0 heterocycles. The van der Waals surface area contributed by atoms with Crippen LogP contribution in [0.3, 0.4) is 0 Å². The number of ketones is 1. The Morgan fingerprint density at radius 2 is 2.36 bits per heavy atom. The third-order valence-electron chi connectivity index (χ3n) is 1.80. The van der Waals surface area contributed by atoms with Crippen LogP contribution in [0.4, 0.5) is 0 Å². The minimum atomic E-state index is -1.19. The predicted octanol–water partition coefficient (Wildman–Crippen LogP) is 0.0606. The molecule has 0 amide bonds. The van der Waals surface area contributed by atoms with Crippen LogP contribution >= 0.6 is 0 Å². The molecule has 4 nitrogen and oxygen atoms in total. The van der Waals surface area contributed by atoms with Gasteiger partial charge in [0.15, 0.2) is 5.78 Å². The fourth-order valence-corrected chi connectivity index (χ4v) is 1.04. The molecule has 0 aliphatic carbocycles. The van der Waals surface area contributed by atoms with Gasteiger partial charge in [0.1, 0.15) is 6.10 Å². The van der Waals surface area contributed by atoms with Gasteiger partial charge in [-0.3, -0.25) is 4.79 Å². The molecule has 0 aliphatic rings. The Morgan fingerprint density at radius 1 is 1.64 bits per heavy atom. The predicted molar refractivity (Wildman–Crippen MR) is 50.5 cm³/mol. The Balaban J connectivity index is 2.97. The minimum absolute atomic E-state index is 0.115. The minimum Gasteiger partial charge on any atom is -0.384 e. The maximum atomic E-state index is 11.4. The Hall–Kier alpha value is -1.70. The lowest BCUT2D eigenvalue weighted by Gasteiger charge is -2.05. The van der Waals surface area contributed by atoms with Crippen LogP contribution in [-0.4, -0.2) is 23.5 Å². The van der Waals surface area contributed by atoms with Crippen LogP contribution in [-0.2, 0) is 0 Å². The molecule has 1 unspecified atom stereocenters. The van der Waals surface area contributed by atoms with Crippen LogP contribution < -0.4 is 5.73 Å². The molecule has 0 fully saturated rings. The molecule has 1 aromatic rings. The third-order valence-corrected chi connectivity index (χ3v) is 1.80. The summed E-state index contributed by atoms with van der Waals surface area (Å²) in [4.78, 5) is 11.4. The highest BCUT2D eigenvalue weighted by molar-refractivity contribution is 5.99. The molecule has 0 aromatic heterocycles. The van der Waals surface area contributed by atoms with E-state index < -0.39 is 11.9 Å².